The minimum atomic E-state index is -1.24. The van der Waals surface area contributed by atoms with E-state index < -0.39 is 23.6 Å². The van der Waals surface area contributed by atoms with Gasteiger partial charge in [-0.25, -0.2) is 13.8 Å². The maximum absolute atomic E-state index is 13.8. The number of methoxy groups -OCH3 is 1. The first kappa shape index (κ1) is 24.9. The van der Waals surface area contributed by atoms with Gasteiger partial charge >= 0.3 is 0 Å². The number of aromatic nitrogens is 2. The number of anilines is 3. The van der Waals surface area contributed by atoms with E-state index in [4.69, 9.17) is 16.3 Å². The van der Waals surface area contributed by atoms with Crippen LogP contribution in [0.1, 0.15) is 17.2 Å². The number of benzene rings is 2. The van der Waals surface area contributed by atoms with Gasteiger partial charge in [0.1, 0.15) is 17.6 Å². The average molecular weight is 539 g/mol. The molecule has 0 aliphatic carbocycles. The Morgan fingerprint density at radius 1 is 1.03 bits per heavy atom. The molecule has 0 radical (unpaired) electrons. The van der Waals surface area contributed by atoms with Gasteiger partial charge in [-0.15, -0.1) is 5.53 Å². The lowest BCUT2D eigenvalue weighted by Gasteiger charge is -2.23. The van der Waals surface area contributed by atoms with Crippen LogP contribution in [0.5, 0.6) is 0 Å². The Hall–Kier alpha value is -4.73. The van der Waals surface area contributed by atoms with E-state index >= 15 is 0 Å². The number of hydrogen-bond acceptors (Lipinski definition) is 9. The highest BCUT2D eigenvalue weighted by atomic mass is 35.5. The van der Waals surface area contributed by atoms with E-state index in [1.54, 1.807) is 24.3 Å². The van der Waals surface area contributed by atoms with Crippen LogP contribution in [0.4, 0.5) is 30.2 Å². The summed E-state index contributed by atoms with van der Waals surface area (Å²) in [5, 5.41) is 16.7. The van der Waals surface area contributed by atoms with Gasteiger partial charge in [0.15, 0.2) is 5.82 Å². The first-order valence-corrected chi connectivity index (χ1v) is 11.4. The Labute approximate surface area is 219 Å². The molecule has 0 fully saturated rings. The largest absolute Gasteiger partial charge is 0.480 e. The van der Waals surface area contributed by atoms with Crippen molar-refractivity contribution in [1.29, 1.82) is 5.26 Å². The Balaban J connectivity index is 1.62. The molecule has 0 bridgehead atoms. The van der Waals surface area contributed by atoms with Crippen molar-refractivity contribution in [2.45, 2.75) is 6.04 Å². The Morgan fingerprint density at radius 3 is 2.53 bits per heavy atom. The first-order valence-electron chi connectivity index (χ1n) is 11.1. The lowest BCUT2D eigenvalue weighted by Crippen LogP contribution is -2.34. The predicted octanol–water partition coefficient (Wildman–Crippen LogP) is 4.90. The number of hydrogen-bond donors (Lipinski definition) is 5. The third-order valence-corrected chi connectivity index (χ3v) is 6.02. The Morgan fingerprint density at radius 2 is 1.82 bits per heavy atom. The monoisotopic (exact) mass is 538 g/mol. The van der Waals surface area contributed by atoms with Crippen LogP contribution in [-0.4, -0.2) is 17.1 Å². The molecule has 1 aliphatic rings. The van der Waals surface area contributed by atoms with Crippen molar-refractivity contribution in [2.24, 2.45) is 0 Å². The van der Waals surface area contributed by atoms with Gasteiger partial charge in [0.2, 0.25) is 11.8 Å². The molecule has 0 saturated heterocycles. The Kier molecular flexibility index (Phi) is 6.78. The van der Waals surface area contributed by atoms with Crippen molar-refractivity contribution in [2.75, 3.05) is 17.7 Å². The summed E-state index contributed by atoms with van der Waals surface area (Å²) in [7, 11) is 1.49. The number of rotatable bonds is 7. The molecule has 13 heteroatoms. The van der Waals surface area contributed by atoms with Crippen LogP contribution in [0.3, 0.4) is 0 Å². The third-order valence-electron chi connectivity index (χ3n) is 5.74. The van der Waals surface area contributed by atoms with Crippen molar-refractivity contribution in [1.82, 2.24) is 26.4 Å². The van der Waals surface area contributed by atoms with Gasteiger partial charge in [0, 0.05) is 23.3 Å². The zero-order valence-corrected chi connectivity index (χ0v) is 20.3. The zero-order valence-electron chi connectivity index (χ0n) is 19.5. The van der Waals surface area contributed by atoms with Crippen LogP contribution < -0.4 is 27.0 Å². The molecule has 9 nitrogen and oxygen atoms in total. The van der Waals surface area contributed by atoms with E-state index in [0.717, 1.165) is 12.3 Å². The van der Waals surface area contributed by atoms with Crippen molar-refractivity contribution < 1.29 is 17.9 Å². The molecule has 38 heavy (non-hydrogen) atoms. The van der Waals surface area contributed by atoms with Crippen LogP contribution in [0.15, 0.2) is 66.4 Å². The number of ether oxygens (including phenoxy) is 1. The molecule has 5 rings (SSSR count). The smallest absolute Gasteiger partial charge is 0.249 e. The summed E-state index contributed by atoms with van der Waals surface area (Å²) in [5.41, 5.74) is 11.3. The summed E-state index contributed by atoms with van der Waals surface area (Å²) in [4.78, 5) is 7.68. The second kappa shape index (κ2) is 10.3. The lowest BCUT2D eigenvalue weighted by molar-refractivity contribution is 0.257. The molecule has 0 amide bonds. The zero-order chi connectivity index (χ0) is 26.8. The van der Waals surface area contributed by atoms with Crippen LogP contribution in [0.2, 0.25) is 5.02 Å². The van der Waals surface area contributed by atoms with E-state index in [2.05, 4.69) is 37.0 Å². The normalized spacial score (nSPS) is 13.5. The van der Waals surface area contributed by atoms with Crippen molar-refractivity contribution >= 4 is 39.6 Å². The van der Waals surface area contributed by atoms with Gasteiger partial charge in [-0.1, -0.05) is 23.7 Å². The molecule has 1 atom stereocenters. The fourth-order valence-electron chi connectivity index (χ4n) is 3.98. The van der Waals surface area contributed by atoms with Gasteiger partial charge < -0.3 is 20.8 Å². The van der Waals surface area contributed by atoms with Crippen LogP contribution >= 0.6 is 11.6 Å². The molecule has 1 unspecified atom stereocenters. The minimum Gasteiger partial charge on any atom is -0.480 e. The molecule has 2 aromatic carbocycles. The predicted molar refractivity (Wildman–Crippen MR) is 135 cm³/mol. The number of fused-ring (bicyclic) bond motifs is 1. The number of hydrazine groups is 2. The number of nitrogens with one attached hydrogen (secondary N) is 5. The quantitative estimate of drug-likeness (QED) is 0.209. The van der Waals surface area contributed by atoms with E-state index in [-0.39, 0.29) is 22.0 Å². The molecule has 2 aromatic heterocycles. The van der Waals surface area contributed by atoms with E-state index in [1.807, 2.05) is 6.07 Å². The highest BCUT2D eigenvalue weighted by molar-refractivity contribution is 6.36. The molecule has 192 valence electrons. The van der Waals surface area contributed by atoms with Crippen LogP contribution in [-0.2, 0) is 4.74 Å². The van der Waals surface area contributed by atoms with Crippen LogP contribution in [0, 0.1) is 28.9 Å². The van der Waals surface area contributed by atoms with E-state index in [1.165, 1.54) is 25.4 Å². The maximum Gasteiger partial charge on any atom is 0.249 e. The molecule has 1 aliphatic heterocycles. The SMILES string of the molecule is COC1=C(C(Nc2cc(Cl)c3ncc(C#N)c(Nc4cnc(F)c(F)c4)c3c2)c2ccc(F)cc2)NNN1. The maximum atomic E-state index is 13.8. The van der Waals surface area contributed by atoms with Gasteiger partial charge in [-0.05, 0) is 29.8 Å². The number of nitriles is 1. The second-order valence-electron chi connectivity index (χ2n) is 8.09. The van der Waals surface area contributed by atoms with Crippen molar-refractivity contribution in [3.05, 3.63) is 100 Å². The molecule has 0 spiro atoms. The summed E-state index contributed by atoms with van der Waals surface area (Å²) in [6.45, 7) is 0. The van der Waals surface area contributed by atoms with Gasteiger partial charge in [-0.3, -0.25) is 10.4 Å². The third kappa shape index (κ3) is 4.80. The fourth-order valence-corrected chi connectivity index (χ4v) is 4.25. The van der Waals surface area contributed by atoms with E-state index in [0.29, 0.717) is 33.7 Å². The summed E-state index contributed by atoms with van der Waals surface area (Å²) in [6, 6.07) is 11.6. The minimum absolute atomic E-state index is 0.119. The molecular formula is C25H18ClF3N8O. The van der Waals surface area contributed by atoms with Crippen LogP contribution in [0.25, 0.3) is 10.9 Å². The summed E-state index contributed by atoms with van der Waals surface area (Å²) >= 11 is 6.58. The highest BCUT2D eigenvalue weighted by Gasteiger charge is 2.26. The first-order chi connectivity index (χ1) is 18.4. The second-order valence-corrected chi connectivity index (χ2v) is 8.49. The summed E-state index contributed by atoms with van der Waals surface area (Å²) < 4.78 is 46.2. The van der Waals surface area contributed by atoms with Gasteiger partial charge in [0.25, 0.3) is 0 Å². The van der Waals surface area contributed by atoms with Gasteiger partial charge in [0.05, 0.1) is 46.8 Å². The standard InChI is InChI=1S/C25H18ClF3N8O/c1-38-25-23(35-37-36-25)21(12-2-4-14(27)5-3-12)33-15-6-17-20(34-16-8-19(28)24(29)32-11-16)13(9-30)10-31-22(17)18(26)7-15/h2-8,10-11,21,33,35-37H,1H3,(H,31,34). The van der Waals surface area contributed by atoms with E-state index in [9.17, 15) is 18.4 Å². The number of nitrogens with zero attached hydrogens (tertiary/aromatic N) is 3. The number of pyridine rings is 2. The molecule has 0 saturated carbocycles. The average Bonchev–Trinajstić information content (AvgIpc) is 3.39. The highest BCUT2D eigenvalue weighted by Crippen LogP contribution is 2.37. The molecule has 4 aromatic rings. The summed E-state index contributed by atoms with van der Waals surface area (Å²) in [5.74, 6) is -2.38. The molecule has 5 N–H and O–H groups in total. The van der Waals surface area contributed by atoms with Gasteiger partial charge in [-0.2, -0.15) is 9.65 Å². The number of halogens is 4. The lowest BCUT2D eigenvalue weighted by atomic mass is 10.0. The molecule has 3 heterocycles. The Bertz CT molecular complexity index is 1610. The fraction of sp³-hybridized carbons (Fsp3) is 0.0800. The summed E-state index contributed by atoms with van der Waals surface area (Å²) in [6.07, 6.45) is 2.43. The van der Waals surface area contributed by atoms with Crippen molar-refractivity contribution in [3.8, 4) is 6.07 Å². The topological polar surface area (TPSA) is 119 Å². The van der Waals surface area contributed by atoms with Crippen molar-refractivity contribution in [3.63, 3.8) is 0 Å². The molecular weight excluding hydrogens is 521 g/mol.